The van der Waals surface area contributed by atoms with E-state index in [9.17, 15) is 40.9 Å². The molecule has 0 saturated heterocycles. The first-order chi connectivity index (χ1) is 19.4. The molecule has 4 N–H and O–H groups in total. The Hall–Kier alpha value is 1.44. The van der Waals surface area contributed by atoms with Crippen LogP contribution in [0.2, 0.25) is 0 Å². The fourth-order valence-corrected chi connectivity index (χ4v) is 2.94. The van der Waals surface area contributed by atoms with E-state index in [0.29, 0.717) is 78.5 Å². The predicted molar refractivity (Wildman–Crippen MR) is 133 cm³/mol. The van der Waals surface area contributed by atoms with Crippen molar-refractivity contribution in [1.82, 2.24) is 19.6 Å². The van der Waals surface area contributed by atoms with E-state index in [1.165, 1.54) is 0 Å². The molecule has 0 aliphatic rings. The van der Waals surface area contributed by atoms with Crippen LogP contribution in [-0.2, 0) is 68.3 Å². The second-order valence-corrected chi connectivity index (χ2v) is 7.89. The molecule has 44 heavy (non-hydrogen) atoms. The summed E-state index contributed by atoms with van der Waals surface area (Å²) in [5.74, 6) is 0. The minimum absolute atomic E-state index is 0. The molecule has 284 valence electrons. The van der Waals surface area contributed by atoms with Crippen molar-refractivity contribution in [3.05, 3.63) is 0 Å². The maximum absolute atomic E-state index is 10.1. The SMILES string of the molecule is [Cu+2].[Cu+2].[Cu+2].[Cu+2].[O-]CCN(CC[O-])CCO.[O-]CCN(CC[O-])CCO.[O-]CCN(CC[O-])CCO.[O-]CCN(CC[O-])CCO. The average Bonchev–Trinajstić information content (AvgIpc) is 2.92. The van der Waals surface area contributed by atoms with Gasteiger partial charge in [0.25, 0.3) is 0 Å². The van der Waals surface area contributed by atoms with Crippen LogP contribution in [0, 0.1) is 0 Å². The van der Waals surface area contributed by atoms with E-state index >= 15 is 0 Å². The van der Waals surface area contributed by atoms with Crippen molar-refractivity contribution >= 4 is 0 Å². The summed E-state index contributed by atoms with van der Waals surface area (Å²) >= 11 is 0. The van der Waals surface area contributed by atoms with Gasteiger partial charge in [0.05, 0.1) is 26.4 Å². The molecule has 0 unspecified atom stereocenters. The van der Waals surface area contributed by atoms with E-state index in [1.54, 1.807) is 19.6 Å². The maximum Gasteiger partial charge on any atom is 2.00 e. The molecule has 0 saturated carbocycles. The van der Waals surface area contributed by atoms with E-state index in [0.717, 1.165) is 0 Å². The molecule has 16 nitrogen and oxygen atoms in total. The standard InChI is InChI=1S/4C6H13NO3.4Cu/c4*8-4-1-7(2-5-9)3-6-10;;;;/h4*8H,1-6H2;;;;/q4*-2;4*+2. The molecule has 0 aromatic carbocycles. The number of hydrogen-bond donors (Lipinski definition) is 4. The quantitative estimate of drug-likeness (QED) is 0.0657. The number of aliphatic hydroxyl groups is 4. The van der Waals surface area contributed by atoms with Gasteiger partial charge < -0.3 is 80.9 Å². The Labute approximate surface area is 305 Å². The van der Waals surface area contributed by atoms with Crippen LogP contribution in [-0.4, -0.2) is 198 Å². The van der Waals surface area contributed by atoms with Crippen LogP contribution in [0.25, 0.3) is 0 Å². The Morgan fingerprint density at radius 3 is 0.432 bits per heavy atom. The Balaban J connectivity index is -0.0000000635. The molecule has 0 amide bonds. The third-order valence-corrected chi connectivity index (χ3v) is 4.93. The first-order valence-corrected chi connectivity index (χ1v) is 13.4. The summed E-state index contributed by atoms with van der Waals surface area (Å²) in [7, 11) is 0. The molecule has 0 spiro atoms. The molecule has 0 heterocycles. The molecule has 0 rings (SSSR count). The number of hydrogen-bond acceptors (Lipinski definition) is 16. The monoisotopic (exact) mass is 840 g/mol. The second-order valence-electron chi connectivity index (χ2n) is 7.89. The van der Waals surface area contributed by atoms with E-state index in [2.05, 4.69) is 0 Å². The van der Waals surface area contributed by atoms with Gasteiger partial charge in [0.15, 0.2) is 0 Å². The summed E-state index contributed by atoms with van der Waals surface area (Å²) in [5.41, 5.74) is 0. The van der Waals surface area contributed by atoms with E-state index in [1.807, 2.05) is 0 Å². The predicted octanol–water partition coefficient (Wildman–Crippen LogP) is -12.0. The molecule has 20 heteroatoms. The van der Waals surface area contributed by atoms with Crippen molar-refractivity contribution in [3.8, 4) is 0 Å². The molecule has 0 aromatic heterocycles. The number of nitrogens with zero attached hydrogens (tertiary/aromatic N) is 4. The van der Waals surface area contributed by atoms with Crippen LogP contribution >= 0.6 is 0 Å². The van der Waals surface area contributed by atoms with Crippen molar-refractivity contribution in [2.24, 2.45) is 0 Å². The topological polar surface area (TPSA) is 278 Å². The van der Waals surface area contributed by atoms with Gasteiger partial charge in [0.2, 0.25) is 0 Å². The zero-order valence-corrected chi connectivity index (χ0v) is 28.8. The smallest absolute Gasteiger partial charge is 0.854 e. The minimum Gasteiger partial charge on any atom is -0.854 e. The Morgan fingerprint density at radius 1 is 0.250 bits per heavy atom. The zero-order valence-electron chi connectivity index (χ0n) is 25.0. The van der Waals surface area contributed by atoms with Gasteiger partial charge in [0.1, 0.15) is 0 Å². The van der Waals surface area contributed by atoms with E-state index in [-0.39, 0.29) is 148 Å². The normalized spacial score (nSPS) is 9.82. The second kappa shape index (κ2) is 59.8. The van der Waals surface area contributed by atoms with Crippen molar-refractivity contribution in [2.75, 3.05) is 158 Å². The van der Waals surface area contributed by atoms with Crippen LogP contribution < -0.4 is 40.9 Å². The Bertz CT molecular complexity index is 314. The zero-order chi connectivity index (χ0) is 31.3. The van der Waals surface area contributed by atoms with Crippen LogP contribution in [0.15, 0.2) is 0 Å². The van der Waals surface area contributed by atoms with Crippen molar-refractivity contribution in [3.63, 3.8) is 0 Å². The van der Waals surface area contributed by atoms with Gasteiger partial charge in [-0.3, -0.25) is 0 Å². The summed E-state index contributed by atoms with van der Waals surface area (Å²) in [6, 6.07) is 0. The molecular formula is C24H52Cu4N4O12. The van der Waals surface area contributed by atoms with Crippen molar-refractivity contribution in [1.29, 1.82) is 0 Å². The molecule has 0 aromatic rings. The van der Waals surface area contributed by atoms with Gasteiger partial charge in [0, 0.05) is 26.2 Å². The van der Waals surface area contributed by atoms with Crippen LogP contribution in [0.3, 0.4) is 0 Å². The Morgan fingerprint density at radius 2 is 0.364 bits per heavy atom. The van der Waals surface area contributed by atoms with E-state index in [4.69, 9.17) is 20.4 Å². The third kappa shape index (κ3) is 55.8. The maximum atomic E-state index is 10.1. The summed E-state index contributed by atoms with van der Waals surface area (Å²) in [6.07, 6.45) is 0. The Kier molecular flexibility index (Phi) is 87.0. The first kappa shape index (κ1) is 64.0. The fraction of sp³-hybridized carbons (Fsp3) is 1.00. The summed E-state index contributed by atoms with van der Waals surface area (Å²) in [5, 5.41) is 114. The fourth-order valence-electron chi connectivity index (χ4n) is 2.94. The van der Waals surface area contributed by atoms with Crippen LogP contribution in [0.5, 0.6) is 0 Å². The van der Waals surface area contributed by atoms with Gasteiger partial charge in [-0.15, -0.1) is 52.9 Å². The summed E-state index contributed by atoms with van der Waals surface area (Å²) in [4.78, 5) is 6.67. The van der Waals surface area contributed by atoms with Gasteiger partial charge >= 0.3 is 68.3 Å². The summed E-state index contributed by atoms with van der Waals surface area (Å²) in [6.45, 7) is 3.04. The van der Waals surface area contributed by atoms with Crippen molar-refractivity contribution in [2.45, 2.75) is 0 Å². The molecule has 0 fully saturated rings. The molecule has 0 bridgehead atoms. The van der Waals surface area contributed by atoms with Crippen LogP contribution in [0.4, 0.5) is 0 Å². The molecule has 4 radical (unpaired) electrons. The van der Waals surface area contributed by atoms with Gasteiger partial charge in [-0.25, -0.2) is 0 Å². The summed E-state index contributed by atoms with van der Waals surface area (Å²) < 4.78 is 0. The minimum atomic E-state index is -0.208. The van der Waals surface area contributed by atoms with Crippen molar-refractivity contribution < 1.29 is 130 Å². The van der Waals surface area contributed by atoms with E-state index < -0.39 is 0 Å². The van der Waals surface area contributed by atoms with Crippen LogP contribution in [0.1, 0.15) is 0 Å². The van der Waals surface area contributed by atoms with Gasteiger partial charge in [-0.05, 0) is 52.4 Å². The third-order valence-electron chi connectivity index (χ3n) is 4.93. The number of aliphatic hydroxyl groups excluding tert-OH is 4. The molecule has 0 aliphatic heterocycles. The molecular weight excluding hydrogens is 790 g/mol. The number of rotatable bonds is 24. The average molecular weight is 843 g/mol. The first-order valence-electron chi connectivity index (χ1n) is 13.4. The largest absolute Gasteiger partial charge is 2.00 e. The molecule has 0 atom stereocenters. The van der Waals surface area contributed by atoms with Gasteiger partial charge in [-0.1, -0.05) is 0 Å². The van der Waals surface area contributed by atoms with Gasteiger partial charge in [-0.2, -0.15) is 0 Å². The molecule has 0 aliphatic carbocycles.